The van der Waals surface area contributed by atoms with Gasteiger partial charge >= 0.3 is 0 Å². The summed E-state index contributed by atoms with van der Waals surface area (Å²) in [7, 11) is 0. The Morgan fingerprint density at radius 1 is 1.00 bits per heavy atom. The summed E-state index contributed by atoms with van der Waals surface area (Å²) in [5.41, 5.74) is 1.40. The van der Waals surface area contributed by atoms with E-state index in [-0.39, 0.29) is 0 Å². The Morgan fingerprint density at radius 3 is 2.26 bits per heavy atom. The average molecular weight is 284 g/mol. The molecule has 0 heterocycles. The lowest BCUT2D eigenvalue weighted by molar-refractivity contribution is 0.395. The first kappa shape index (κ1) is 13.8. The molecule has 2 nitrogen and oxygen atoms in total. The molecule has 5 heteroatoms. The first-order chi connectivity index (χ1) is 9.06. The van der Waals surface area contributed by atoms with Crippen molar-refractivity contribution < 1.29 is 13.9 Å². The molecule has 2 aromatic carbocycles. The van der Waals surface area contributed by atoms with E-state index >= 15 is 0 Å². The van der Waals surface area contributed by atoms with Gasteiger partial charge in [-0.1, -0.05) is 23.7 Å². The molecule has 100 valence electrons. The molecule has 0 atom stereocenters. The molecular formula is C14H12ClF2NO. The van der Waals surface area contributed by atoms with Crippen molar-refractivity contribution in [2.75, 3.05) is 0 Å². The van der Waals surface area contributed by atoms with Gasteiger partial charge in [-0.25, -0.2) is 8.78 Å². The van der Waals surface area contributed by atoms with Gasteiger partial charge in [0.2, 0.25) is 0 Å². The number of phenols is 1. The second kappa shape index (κ2) is 5.99. The number of hydrogen-bond donors (Lipinski definition) is 2. The summed E-state index contributed by atoms with van der Waals surface area (Å²) in [6.07, 6.45) is 0. The average Bonchev–Trinajstić information content (AvgIpc) is 2.36. The van der Waals surface area contributed by atoms with Crippen LogP contribution in [0.5, 0.6) is 5.75 Å². The molecule has 2 rings (SSSR count). The Kier molecular flexibility index (Phi) is 4.35. The lowest BCUT2D eigenvalue weighted by Gasteiger charge is -2.07. The molecule has 0 aromatic heterocycles. The normalized spacial score (nSPS) is 10.7. The lowest BCUT2D eigenvalue weighted by atomic mass is 10.2. The van der Waals surface area contributed by atoms with Crippen molar-refractivity contribution in [2.45, 2.75) is 13.1 Å². The van der Waals surface area contributed by atoms with E-state index in [0.717, 1.165) is 17.7 Å². The highest BCUT2D eigenvalue weighted by Crippen LogP contribution is 2.21. The molecular weight excluding hydrogens is 272 g/mol. The molecule has 19 heavy (non-hydrogen) atoms. The molecule has 0 amide bonds. The SMILES string of the molecule is Oc1c(F)cc(CNCc2cccc(Cl)c2)cc1F. The summed E-state index contributed by atoms with van der Waals surface area (Å²) >= 11 is 5.85. The summed E-state index contributed by atoms with van der Waals surface area (Å²) in [4.78, 5) is 0. The van der Waals surface area contributed by atoms with Crippen LogP contribution in [0.1, 0.15) is 11.1 Å². The van der Waals surface area contributed by atoms with Crippen molar-refractivity contribution >= 4 is 11.6 Å². The molecule has 0 radical (unpaired) electrons. The quantitative estimate of drug-likeness (QED) is 0.898. The molecule has 0 unspecified atom stereocenters. The molecule has 2 N–H and O–H groups in total. The van der Waals surface area contributed by atoms with E-state index in [0.29, 0.717) is 23.7 Å². The molecule has 0 spiro atoms. The number of rotatable bonds is 4. The summed E-state index contributed by atoms with van der Waals surface area (Å²) in [6, 6.07) is 9.52. The fourth-order valence-electron chi connectivity index (χ4n) is 1.72. The van der Waals surface area contributed by atoms with E-state index in [1.165, 1.54) is 0 Å². The molecule has 0 aliphatic heterocycles. The first-order valence-corrected chi connectivity index (χ1v) is 6.06. The van der Waals surface area contributed by atoms with Gasteiger partial charge in [0, 0.05) is 18.1 Å². The maximum absolute atomic E-state index is 13.1. The van der Waals surface area contributed by atoms with Crippen LogP contribution < -0.4 is 5.32 Å². The van der Waals surface area contributed by atoms with E-state index in [1.54, 1.807) is 6.07 Å². The molecule has 0 aliphatic carbocycles. The predicted molar refractivity (Wildman–Crippen MR) is 70.0 cm³/mol. The zero-order valence-electron chi connectivity index (χ0n) is 9.96. The van der Waals surface area contributed by atoms with Gasteiger partial charge in [0.05, 0.1) is 0 Å². The molecule has 0 bridgehead atoms. The monoisotopic (exact) mass is 283 g/mol. The largest absolute Gasteiger partial charge is 0.503 e. The minimum absolute atomic E-state index is 0.292. The van der Waals surface area contributed by atoms with E-state index in [2.05, 4.69) is 5.32 Å². The minimum Gasteiger partial charge on any atom is -0.503 e. The van der Waals surface area contributed by atoms with Crippen molar-refractivity contribution in [3.63, 3.8) is 0 Å². The van der Waals surface area contributed by atoms with Crippen LogP contribution in [-0.2, 0) is 13.1 Å². The predicted octanol–water partition coefficient (Wildman–Crippen LogP) is 3.61. The Labute approximate surface area is 114 Å². The van der Waals surface area contributed by atoms with E-state index in [4.69, 9.17) is 16.7 Å². The van der Waals surface area contributed by atoms with Gasteiger partial charge in [0.25, 0.3) is 0 Å². The number of halogens is 3. The zero-order valence-corrected chi connectivity index (χ0v) is 10.7. The number of nitrogens with one attached hydrogen (secondary N) is 1. The van der Waals surface area contributed by atoms with Crippen LogP contribution in [0, 0.1) is 11.6 Å². The zero-order chi connectivity index (χ0) is 13.8. The molecule has 0 saturated heterocycles. The van der Waals surface area contributed by atoms with E-state index in [1.807, 2.05) is 18.2 Å². The number of benzene rings is 2. The first-order valence-electron chi connectivity index (χ1n) is 5.68. The van der Waals surface area contributed by atoms with Crippen LogP contribution in [0.4, 0.5) is 8.78 Å². The van der Waals surface area contributed by atoms with Gasteiger partial charge in [-0.3, -0.25) is 0 Å². The van der Waals surface area contributed by atoms with Crippen molar-refractivity contribution in [3.8, 4) is 5.75 Å². The third-order valence-corrected chi connectivity index (χ3v) is 2.86. The van der Waals surface area contributed by atoms with Crippen LogP contribution in [0.2, 0.25) is 5.02 Å². The van der Waals surface area contributed by atoms with Gasteiger partial charge in [-0.2, -0.15) is 0 Å². The Morgan fingerprint density at radius 2 is 1.63 bits per heavy atom. The van der Waals surface area contributed by atoms with Gasteiger partial charge in [-0.15, -0.1) is 0 Å². The highest BCUT2D eigenvalue weighted by molar-refractivity contribution is 6.30. The summed E-state index contributed by atoms with van der Waals surface area (Å²) in [5.74, 6) is -2.86. The maximum Gasteiger partial charge on any atom is 0.187 e. The third-order valence-electron chi connectivity index (χ3n) is 2.62. The van der Waals surface area contributed by atoms with Gasteiger partial charge in [0.1, 0.15) is 0 Å². The number of hydrogen-bond acceptors (Lipinski definition) is 2. The number of phenolic OH excluding ortho intramolecular Hbond substituents is 1. The molecule has 2 aromatic rings. The van der Waals surface area contributed by atoms with Crippen LogP contribution >= 0.6 is 11.6 Å². The Bertz CT molecular complexity index is 566. The van der Waals surface area contributed by atoms with Gasteiger partial charge in [-0.05, 0) is 35.4 Å². The topological polar surface area (TPSA) is 32.3 Å². The van der Waals surface area contributed by atoms with Crippen molar-refractivity contribution in [2.24, 2.45) is 0 Å². The lowest BCUT2D eigenvalue weighted by Crippen LogP contribution is -2.13. The Balaban J connectivity index is 1.96. The highest BCUT2D eigenvalue weighted by Gasteiger charge is 2.09. The summed E-state index contributed by atoms with van der Waals surface area (Å²) in [5, 5.41) is 12.7. The van der Waals surface area contributed by atoms with Gasteiger partial charge < -0.3 is 10.4 Å². The minimum atomic E-state index is -0.959. The van der Waals surface area contributed by atoms with E-state index < -0.39 is 17.4 Å². The number of aromatic hydroxyl groups is 1. The van der Waals surface area contributed by atoms with Crippen LogP contribution in [0.15, 0.2) is 36.4 Å². The molecule has 0 fully saturated rings. The maximum atomic E-state index is 13.1. The van der Waals surface area contributed by atoms with Gasteiger partial charge in [0.15, 0.2) is 17.4 Å². The van der Waals surface area contributed by atoms with Crippen molar-refractivity contribution in [1.29, 1.82) is 0 Å². The van der Waals surface area contributed by atoms with Crippen molar-refractivity contribution in [1.82, 2.24) is 5.32 Å². The van der Waals surface area contributed by atoms with Crippen LogP contribution in [0.25, 0.3) is 0 Å². The molecule has 0 aliphatic rings. The molecule has 0 saturated carbocycles. The Hall–Kier alpha value is -1.65. The second-order valence-corrected chi connectivity index (χ2v) is 4.58. The third kappa shape index (κ3) is 3.66. The fraction of sp³-hybridized carbons (Fsp3) is 0.143. The van der Waals surface area contributed by atoms with E-state index in [9.17, 15) is 8.78 Å². The second-order valence-electron chi connectivity index (χ2n) is 4.14. The van der Waals surface area contributed by atoms with Crippen LogP contribution in [0.3, 0.4) is 0 Å². The smallest absolute Gasteiger partial charge is 0.187 e. The summed E-state index contributed by atoms with van der Waals surface area (Å²) < 4.78 is 26.2. The fourth-order valence-corrected chi connectivity index (χ4v) is 1.93. The van der Waals surface area contributed by atoms with Crippen LogP contribution in [-0.4, -0.2) is 5.11 Å². The van der Waals surface area contributed by atoms with Crippen molar-refractivity contribution in [3.05, 3.63) is 64.2 Å². The standard InChI is InChI=1S/C14H12ClF2NO/c15-11-3-1-2-9(4-11)7-18-8-10-5-12(16)14(19)13(17)6-10/h1-6,18-19H,7-8H2. The summed E-state index contributed by atoms with van der Waals surface area (Å²) in [6.45, 7) is 0.825. The highest BCUT2D eigenvalue weighted by atomic mass is 35.5.